The maximum atomic E-state index is 4.19. The van der Waals surface area contributed by atoms with Gasteiger partial charge in [0.2, 0.25) is 0 Å². The fourth-order valence-corrected chi connectivity index (χ4v) is 2.62. The van der Waals surface area contributed by atoms with Crippen LogP contribution in [0, 0.1) is 0 Å². The topological polar surface area (TPSA) is 17.3 Å². The Morgan fingerprint density at radius 2 is 1.94 bits per heavy atom. The van der Waals surface area contributed by atoms with Crippen molar-refractivity contribution in [1.29, 1.82) is 0 Å². The summed E-state index contributed by atoms with van der Waals surface area (Å²) in [6.45, 7) is 0. The molecule has 0 atom stereocenters. The molecule has 0 aliphatic rings. The fraction of sp³-hybridized carbons (Fsp3) is 0.0714. The molecule has 0 saturated heterocycles. The van der Waals surface area contributed by atoms with Crippen LogP contribution in [0.25, 0.3) is 5.52 Å². The van der Waals surface area contributed by atoms with Gasteiger partial charge in [0.1, 0.15) is 0 Å². The normalized spacial score (nSPS) is 10.8. The van der Waals surface area contributed by atoms with Gasteiger partial charge in [-0.3, -0.25) is 0 Å². The van der Waals surface area contributed by atoms with Crippen molar-refractivity contribution in [2.75, 3.05) is 0 Å². The van der Waals surface area contributed by atoms with Gasteiger partial charge in [-0.25, -0.2) is 4.52 Å². The van der Waals surface area contributed by atoms with E-state index >= 15 is 0 Å². The summed E-state index contributed by atoms with van der Waals surface area (Å²) in [6, 6.07) is 16.8. The van der Waals surface area contributed by atoms with Crippen molar-refractivity contribution in [2.45, 2.75) is 10.6 Å². The van der Waals surface area contributed by atoms with Crippen LogP contribution in [0.15, 0.2) is 65.8 Å². The second-order valence-electron chi connectivity index (χ2n) is 3.84. The molecule has 2 nitrogen and oxygen atoms in total. The van der Waals surface area contributed by atoms with Gasteiger partial charge in [0, 0.05) is 23.0 Å². The molecule has 0 amide bonds. The summed E-state index contributed by atoms with van der Waals surface area (Å²) in [5.74, 6) is 1.01. The second kappa shape index (κ2) is 4.63. The molecule has 0 saturated carbocycles. The van der Waals surface area contributed by atoms with Gasteiger partial charge in [-0.05, 0) is 23.8 Å². The Bertz CT molecular complexity index is 616. The molecule has 0 N–H and O–H groups in total. The van der Waals surface area contributed by atoms with Crippen LogP contribution in [0.2, 0.25) is 0 Å². The van der Waals surface area contributed by atoms with Crippen molar-refractivity contribution in [2.24, 2.45) is 0 Å². The molecule has 2 aromatic heterocycles. The fourth-order valence-electron chi connectivity index (χ4n) is 1.73. The average Bonchev–Trinajstić information content (AvgIpc) is 2.85. The first-order valence-electron chi connectivity index (χ1n) is 5.52. The zero-order valence-corrected chi connectivity index (χ0v) is 10.1. The third kappa shape index (κ3) is 2.34. The van der Waals surface area contributed by atoms with E-state index in [4.69, 9.17) is 0 Å². The lowest BCUT2D eigenvalue weighted by Crippen LogP contribution is -1.86. The zero-order valence-electron chi connectivity index (χ0n) is 9.28. The van der Waals surface area contributed by atoms with E-state index in [-0.39, 0.29) is 0 Å². The van der Waals surface area contributed by atoms with E-state index in [2.05, 4.69) is 41.5 Å². The first kappa shape index (κ1) is 10.4. The number of fused-ring (bicyclic) bond motifs is 1. The van der Waals surface area contributed by atoms with Crippen molar-refractivity contribution >= 4 is 17.3 Å². The number of nitrogens with zero attached hydrogens (tertiary/aromatic N) is 2. The van der Waals surface area contributed by atoms with Gasteiger partial charge in [0.15, 0.2) is 0 Å². The Morgan fingerprint density at radius 1 is 1.06 bits per heavy atom. The molecular formula is C14H12N2S. The van der Waals surface area contributed by atoms with Crippen LogP contribution in [0.3, 0.4) is 0 Å². The number of thioether (sulfide) groups is 1. The molecule has 3 aromatic rings. The number of benzene rings is 1. The monoisotopic (exact) mass is 240 g/mol. The summed E-state index contributed by atoms with van der Waals surface area (Å²) in [4.78, 5) is 1.28. The van der Waals surface area contributed by atoms with Crippen molar-refractivity contribution < 1.29 is 0 Å². The maximum Gasteiger partial charge on any atom is 0.0672 e. The molecule has 0 spiro atoms. The lowest BCUT2D eigenvalue weighted by Gasteiger charge is -2.02. The van der Waals surface area contributed by atoms with Gasteiger partial charge in [0.05, 0.1) is 5.52 Å². The van der Waals surface area contributed by atoms with Crippen LogP contribution >= 0.6 is 11.8 Å². The summed E-state index contributed by atoms with van der Waals surface area (Å²) >= 11 is 1.85. The highest BCUT2D eigenvalue weighted by atomic mass is 32.2. The molecule has 3 heteroatoms. The Morgan fingerprint density at radius 3 is 2.82 bits per heavy atom. The molecule has 84 valence electrons. The van der Waals surface area contributed by atoms with Crippen molar-refractivity contribution in [3.05, 3.63) is 66.5 Å². The van der Waals surface area contributed by atoms with Crippen LogP contribution in [-0.2, 0) is 5.75 Å². The smallest absolute Gasteiger partial charge is 0.0672 e. The molecule has 0 aliphatic heterocycles. The van der Waals surface area contributed by atoms with Gasteiger partial charge < -0.3 is 0 Å². The summed E-state index contributed by atoms with van der Waals surface area (Å²) in [6.07, 6.45) is 3.82. The summed E-state index contributed by atoms with van der Waals surface area (Å²) in [7, 11) is 0. The summed E-state index contributed by atoms with van der Waals surface area (Å²) < 4.78 is 1.88. The highest BCUT2D eigenvalue weighted by Crippen LogP contribution is 2.23. The number of hydrogen-bond acceptors (Lipinski definition) is 2. The summed E-state index contributed by atoms with van der Waals surface area (Å²) in [5.41, 5.74) is 2.49. The first-order valence-corrected chi connectivity index (χ1v) is 6.50. The number of hydrogen-bond donors (Lipinski definition) is 0. The van der Waals surface area contributed by atoms with Crippen molar-refractivity contribution in [3.8, 4) is 0 Å². The predicted octanol–water partition coefficient (Wildman–Crippen LogP) is 3.63. The SMILES string of the molecule is c1ccc(CSc2ccn3nccc3c2)cc1. The minimum atomic E-state index is 1.01. The van der Waals surface area contributed by atoms with Crippen molar-refractivity contribution in [1.82, 2.24) is 9.61 Å². The van der Waals surface area contributed by atoms with Gasteiger partial charge in [-0.1, -0.05) is 30.3 Å². The largest absolute Gasteiger partial charge is 0.241 e. The standard InChI is InChI=1S/C14H12N2S/c1-2-4-12(5-3-1)11-17-14-7-9-16-13(10-14)6-8-15-16/h1-10H,11H2. The van der Waals surface area contributed by atoms with E-state index in [0.29, 0.717) is 0 Å². The minimum absolute atomic E-state index is 1.01. The lowest BCUT2D eigenvalue weighted by molar-refractivity contribution is 0.953. The van der Waals surface area contributed by atoms with E-state index in [1.165, 1.54) is 10.5 Å². The van der Waals surface area contributed by atoms with Crippen LogP contribution in [0.1, 0.15) is 5.56 Å². The molecule has 0 radical (unpaired) electrons. The van der Waals surface area contributed by atoms with Gasteiger partial charge in [0.25, 0.3) is 0 Å². The molecule has 0 fully saturated rings. The molecule has 0 unspecified atom stereocenters. The zero-order chi connectivity index (χ0) is 11.5. The third-order valence-electron chi connectivity index (χ3n) is 2.62. The Labute approximate surface area is 104 Å². The van der Waals surface area contributed by atoms with Crippen LogP contribution in [0.5, 0.6) is 0 Å². The van der Waals surface area contributed by atoms with Gasteiger partial charge in [-0.2, -0.15) is 5.10 Å². The Kier molecular flexibility index (Phi) is 2.84. The molecular weight excluding hydrogens is 228 g/mol. The van der Waals surface area contributed by atoms with E-state index < -0.39 is 0 Å². The quantitative estimate of drug-likeness (QED) is 0.650. The van der Waals surface area contributed by atoms with E-state index in [1.807, 2.05) is 40.8 Å². The van der Waals surface area contributed by atoms with Crippen molar-refractivity contribution in [3.63, 3.8) is 0 Å². The molecule has 0 aliphatic carbocycles. The summed E-state index contributed by atoms with van der Waals surface area (Å²) in [5, 5.41) is 4.19. The van der Waals surface area contributed by atoms with E-state index in [9.17, 15) is 0 Å². The molecule has 0 bridgehead atoms. The maximum absolute atomic E-state index is 4.19. The highest BCUT2D eigenvalue weighted by Gasteiger charge is 1.98. The van der Waals surface area contributed by atoms with Gasteiger partial charge in [-0.15, -0.1) is 11.8 Å². The Balaban J connectivity index is 1.76. The number of pyridine rings is 1. The van der Waals surface area contributed by atoms with Crippen LogP contribution < -0.4 is 0 Å². The van der Waals surface area contributed by atoms with Crippen LogP contribution in [0.4, 0.5) is 0 Å². The minimum Gasteiger partial charge on any atom is -0.241 e. The van der Waals surface area contributed by atoms with Crippen LogP contribution in [-0.4, -0.2) is 9.61 Å². The average molecular weight is 240 g/mol. The second-order valence-corrected chi connectivity index (χ2v) is 4.89. The first-order chi connectivity index (χ1) is 8.42. The molecule has 1 aromatic carbocycles. The molecule has 17 heavy (non-hydrogen) atoms. The van der Waals surface area contributed by atoms with E-state index in [0.717, 1.165) is 11.3 Å². The molecule has 2 heterocycles. The molecule has 3 rings (SSSR count). The lowest BCUT2D eigenvalue weighted by atomic mass is 10.2. The third-order valence-corrected chi connectivity index (χ3v) is 3.68. The predicted molar refractivity (Wildman–Crippen MR) is 71.2 cm³/mol. The Hall–Kier alpha value is -1.74. The number of aromatic nitrogens is 2. The number of rotatable bonds is 3. The van der Waals surface area contributed by atoms with E-state index in [1.54, 1.807) is 0 Å². The van der Waals surface area contributed by atoms with Gasteiger partial charge >= 0.3 is 0 Å². The highest BCUT2D eigenvalue weighted by molar-refractivity contribution is 7.98.